The number of aromatic nitrogens is 1. The van der Waals surface area contributed by atoms with Crippen molar-refractivity contribution in [1.29, 1.82) is 0 Å². The van der Waals surface area contributed by atoms with E-state index in [1.807, 2.05) is 20.8 Å². The van der Waals surface area contributed by atoms with E-state index in [1.54, 1.807) is 6.92 Å². The Kier molecular flexibility index (Phi) is 5.10. The van der Waals surface area contributed by atoms with Crippen molar-refractivity contribution in [2.75, 3.05) is 0 Å². The van der Waals surface area contributed by atoms with Crippen molar-refractivity contribution in [1.82, 2.24) is 10.6 Å². The van der Waals surface area contributed by atoms with Gasteiger partial charge in [-0.15, -0.1) is 0 Å². The Bertz CT molecular complexity index is 947. The molecule has 28 heavy (non-hydrogen) atoms. The number of hydrogen-bond acceptors (Lipinski definition) is 3. The Balaban J connectivity index is 1.95. The summed E-state index contributed by atoms with van der Waals surface area (Å²) in [6.45, 7) is 7.08. The second-order valence-corrected chi connectivity index (χ2v) is 8.21. The zero-order valence-corrected chi connectivity index (χ0v) is 16.4. The molecule has 1 aromatic carbocycles. The molecule has 1 heterocycles. The zero-order chi connectivity index (χ0) is 20.6. The summed E-state index contributed by atoms with van der Waals surface area (Å²) in [6.07, 6.45) is 3.00. The predicted octanol–water partition coefficient (Wildman–Crippen LogP) is 2.86. The van der Waals surface area contributed by atoms with Crippen molar-refractivity contribution in [3.05, 3.63) is 58.2 Å². The predicted molar refractivity (Wildman–Crippen MR) is 103 cm³/mol. The summed E-state index contributed by atoms with van der Waals surface area (Å²) in [4.78, 5) is 24.5. The van der Waals surface area contributed by atoms with Crippen LogP contribution in [0.3, 0.4) is 0 Å². The lowest BCUT2D eigenvalue weighted by Gasteiger charge is -2.20. The van der Waals surface area contributed by atoms with E-state index in [0.717, 1.165) is 19.0 Å². The molecule has 2 amide bonds. The molecule has 0 aliphatic heterocycles. The van der Waals surface area contributed by atoms with Crippen molar-refractivity contribution in [2.24, 2.45) is 0 Å². The first-order chi connectivity index (χ1) is 13.0. The van der Waals surface area contributed by atoms with E-state index in [4.69, 9.17) is 0 Å². The van der Waals surface area contributed by atoms with Crippen LogP contribution < -0.4 is 15.4 Å². The van der Waals surface area contributed by atoms with E-state index >= 15 is 0 Å². The van der Waals surface area contributed by atoms with Gasteiger partial charge in [-0.25, -0.2) is 4.39 Å². The van der Waals surface area contributed by atoms with E-state index in [0.29, 0.717) is 10.3 Å². The highest BCUT2D eigenvalue weighted by atomic mass is 19.1. The maximum atomic E-state index is 14.4. The molecule has 0 saturated heterocycles. The molecule has 1 saturated carbocycles. The van der Waals surface area contributed by atoms with Crippen LogP contribution in [-0.4, -0.2) is 23.4 Å². The molecule has 7 heteroatoms. The first-order valence-electron chi connectivity index (χ1n) is 9.22. The summed E-state index contributed by atoms with van der Waals surface area (Å²) in [5, 5.41) is 18.2. The number of benzene rings is 1. The maximum Gasteiger partial charge on any atom is 0.257 e. The quantitative estimate of drug-likeness (QED) is 0.627. The van der Waals surface area contributed by atoms with Gasteiger partial charge in [-0.1, -0.05) is 0 Å². The molecule has 2 aromatic rings. The minimum atomic E-state index is -0.562. The lowest BCUT2D eigenvalue weighted by molar-refractivity contribution is -0.593. The molecule has 6 nitrogen and oxygen atoms in total. The molecular weight excluding hydrogens is 361 g/mol. The molecule has 3 rings (SSSR count). The summed E-state index contributed by atoms with van der Waals surface area (Å²) in [6, 6.07) is 5.81. The summed E-state index contributed by atoms with van der Waals surface area (Å²) in [7, 11) is 0. The highest BCUT2D eigenvalue weighted by Gasteiger charge is 2.26. The van der Waals surface area contributed by atoms with Crippen LogP contribution in [0, 0.1) is 17.9 Å². The SMILES string of the molecule is Cc1c(F)cc(C(=O)NC2CC2)cc1-c1ccc(C(=O)NC(C)(C)C)c[n+]1[O-]. The average Bonchev–Trinajstić information content (AvgIpc) is 3.39. The monoisotopic (exact) mass is 385 g/mol. The zero-order valence-electron chi connectivity index (χ0n) is 16.4. The molecule has 2 N–H and O–H groups in total. The normalized spacial score (nSPS) is 13.9. The number of amides is 2. The van der Waals surface area contributed by atoms with Crippen LogP contribution in [0.4, 0.5) is 4.39 Å². The topological polar surface area (TPSA) is 85.1 Å². The number of carbonyl (C=O) groups is 2. The fraction of sp³-hybridized carbons (Fsp3) is 0.381. The van der Waals surface area contributed by atoms with Gasteiger partial charge in [-0.3, -0.25) is 9.59 Å². The third-order valence-electron chi connectivity index (χ3n) is 4.46. The number of halogens is 1. The molecule has 1 aromatic heterocycles. The van der Waals surface area contributed by atoms with Gasteiger partial charge in [-0.05, 0) is 64.3 Å². The second kappa shape index (κ2) is 7.22. The third-order valence-corrected chi connectivity index (χ3v) is 4.46. The van der Waals surface area contributed by atoms with Gasteiger partial charge in [0.05, 0.1) is 5.56 Å². The minimum absolute atomic E-state index is 0.144. The van der Waals surface area contributed by atoms with Gasteiger partial charge in [0, 0.05) is 23.2 Å². The summed E-state index contributed by atoms with van der Waals surface area (Å²) < 4.78 is 14.9. The number of rotatable bonds is 4. The number of pyridine rings is 1. The van der Waals surface area contributed by atoms with Crippen molar-refractivity contribution in [2.45, 2.75) is 52.1 Å². The van der Waals surface area contributed by atoms with Crippen molar-refractivity contribution in [3.8, 4) is 11.3 Å². The van der Waals surface area contributed by atoms with Crippen molar-refractivity contribution >= 4 is 11.8 Å². The highest BCUT2D eigenvalue weighted by molar-refractivity contribution is 5.96. The molecule has 0 spiro atoms. The standard InChI is InChI=1S/C21H24FN3O3/c1-12-16(9-14(10-17(12)22)19(26)23-15-6-7-15)18-8-5-13(11-25(18)28)20(27)24-21(2,3)4/h5,8-11,15H,6-7H2,1-4H3,(H,23,26)(H,24,27). The largest absolute Gasteiger partial charge is 0.618 e. The van der Waals surface area contributed by atoms with Crippen LogP contribution in [-0.2, 0) is 0 Å². The molecule has 0 radical (unpaired) electrons. The van der Waals surface area contributed by atoms with E-state index in [-0.39, 0.29) is 40.2 Å². The highest BCUT2D eigenvalue weighted by Crippen LogP contribution is 2.26. The third kappa shape index (κ3) is 4.47. The fourth-order valence-electron chi connectivity index (χ4n) is 2.81. The van der Waals surface area contributed by atoms with Gasteiger partial charge in [0.1, 0.15) is 11.4 Å². The van der Waals surface area contributed by atoms with Gasteiger partial charge in [0.25, 0.3) is 11.8 Å². The van der Waals surface area contributed by atoms with E-state index < -0.39 is 11.4 Å². The summed E-state index contributed by atoms with van der Waals surface area (Å²) >= 11 is 0. The Labute approximate surface area is 163 Å². The maximum absolute atomic E-state index is 14.4. The van der Waals surface area contributed by atoms with Gasteiger partial charge in [0.15, 0.2) is 6.20 Å². The van der Waals surface area contributed by atoms with Crippen LogP contribution >= 0.6 is 0 Å². The van der Waals surface area contributed by atoms with Gasteiger partial charge in [-0.2, -0.15) is 4.73 Å². The number of nitrogens with one attached hydrogen (secondary N) is 2. The van der Waals surface area contributed by atoms with Gasteiger partial charge < -0.3 is 15.8 Å². The Morgan fingerprint density at radius 3 is 2.39 bits per heavy atom. The average molecular weight is 385 g/mol. The second-order valence-electron chi connectivity index (χ2n) is 8.21. The summed E-state index contributed by atoms with van der Waals surface area (Å²) in [5.74, 6) is -1.29. The molecule has 0 bridgehead atoms. The first kappa shape index (κ1) is 19.8. The summed E-state index contributed by atoms with van der Waals surface area (Å²) in [5.41, 5.74) is 0.684. The minimum Gasteiger partial charge on any atom is -0.618 e. The molecule has 1 aliphatic carbocycles. The van der Waals surface area contributed by atoms with Crippen LogP contribution in [0.2, 0.25) is 0 Å². The Morgan fingerprint density at radius 1 is 1.14 bits per heavy atom. The molecule has 0 unspecified atom stereocenters. The van der Waals surface area contributed by atoms with Crippen LogP contribution in [0.5, 0.6) is 0 Å². The number of hydrogen-bond donors (Lipinski definition) is 2. The Hall–Kier alpha value is -2.96. The van der Waals surface area contributed by atoms with Crippen molar-refractivity contribution in [3.63, 3.8) is 0 Å². The van der Waals surface area contributed by atoms with Crippen LogP contribution in [0.25, 0.3) is 11.3 Å². The molecule has 148 valence electrons. The van der Waals surface area contributed by atoms with Crippen LogP contribution in [0.15, 0.2) is 30.5 Å². The molecular formula is C21H24FN3O3. The smallest absolute Gasteiger partial charge is 0.257 e. The van der Waals surface area contributed by atoms with E-state index in [9.17, 15) is 19.2 Å². The number of nitrogens with zero attached hydrogens (tertiary/aromatic N) is 1. The molecule has 1 fully saturated rings. The van der Waals surface area contributed by atoms with Crippen molar-refractivity contribution < 1.29 is 18.7 Å². The fourth-order valence-corrected chi connectivity index (χ4v) is 2.81. The molecule has 0 atom stereocenters. The number of carbonyl (C=O) groups excluding carboxylic acids is 2. The molecule has 1 aliphatic rings. The first-order valence-corrected chi connectivity index (χ1v) is 9.22. The van der Waals surface area contributed by atoms with E-state index in [2.05, 4.69) is 10.6 Å². The van der Waals surface area contributed by atoms with Gasteiger partial charge in [0.2, 0.25) is 5.69 Å². The van der Waals surface area contributed by atoms with Gasteiger partial charge >= 0.3 is 0 Å². The lowest BCUT2D eigenvalue weighted by atomic mass is 10.00. The lowest BCUT2D eigenvalue weighted by Crippen LogP contribution is -2.41. The van der Waals surface area contributed by atoms with E-state index in [1.165, 1.54) is 24.3 Å². The Morgan fingerprint density at radius 2 is 1.82 bits per heavy atom. The van der Waals surface area contributed by atoms with Crippen LogP contribution in [0.1, 0.15) is 59.9 Å².